The van der Waals surface area contributed by atoms with Gasteiger partial charge in [-0.15, -0.1) is 0 Å². The molecule has 1 heterocycles. The molecule has 18 heavy (non-hydrogen) atoms. The summed E-state index contributed by atoms with van der Waals surface area (Å²) in [5.41, 5.74) is 9.01. The van der Waals surface area contributed by atoms with Crippen molar-refractivity contribution in [2.24, 2.45) is 0 Å². The van der Waals surface area contributed by atoms with Gasteiger partial charge in [-0.3, -0.25) is 0 Å². The summed E-state index contributed by atoms with van der Waals surface area (Å²) >= 11 is 0. The van der Waals surface area contributed by atoms with Crippen LogP contribution in [0.15, 0.2) is 42.6 Å². The van der Waals surface area contributed by atoms with Gasteiger partial charge in [0.25, 0.3) is 0 Å². The van der Waals surface area contributed by atoms with E-state index in [1.54, 1.807) is 0 Å². The van der Waals surface area contributed by atoms with Gasteiger partial charge in [-0.1, -0.05) is 37.3 Å². The molecule has 2 N–H and O–H groups in total. The number of nitrogens with two attached hydrogens (primary N) is 1. The largest absolute Gasteiger partial charge is 0.396 e. The van der Waals surface area contributed by atoms with Crippen LogP contribution in [0.1, 0.15) is 13.3 Å². The summed E-state index contributed by atoms with van der Waals surface area (Å²) in [5.74, 6) is 0.858. The van der Waals surface area contributed by atoms with Gasteiger partial charge in [0, 0.05) is 25.4 Å². The highest BCUT2D eigenvalue weighted by Crippen LogP contribution is 2.26. The molecule has 0 atom stereocenters. The maximum absolute atomic E-state index is 6.09. The van der Waals surface area contributed by atoms with Crippen LogP contribution >= 0.6 is 0 Å². The van der Waals surface area contributed by atoms with E-state index in [1.807, 2.05) is 37.5 Å². The average molecular weight is 241 g/mol. The number of hydrogen-bond acceptors (Lipinski definition) is 3. The molecule has 0 amide bonds. The van der Waals surface area contributed by atoms with Gasteiger partial charge in [-0.25, -0.2) is 4.98 Å². The highest BCUT2D eigenvalue weighted by molar-refractivity contribution is 5.72. The Morgan fingerprint density at radius 1 is 1.17 bits per heavy atom. The molecular formula is C15H19N3. The van der Waals surface area contributed by atoms with Crippen molar-refractivity contribution >= 4 is 11.5 Å². The van der Waals surface area contributed by atoms with Crippen molar-refractivity contribution in [1.82, 2.24) is 4.98 Å². The molecule has 0 aliphatic carbocycles. The summed E-state index contributed by atoms with van der Waals surface area (Å²) in [5, 5.41) is 0. The van der Waals surface area contributed by atoms with E-state index >= 15 is 0 Å². The van der Waals surface area contributed by atoms with Crippen LogP contribution in [0.3, 0.4) is 0 Å². The third kappa shape index (κ3) is 2.62. The third-order valence-corrected chi connectivity index (χ3v) is 2.92. The quantitative estimate of drug-likeness (QED) is 0.894. The lowest BCUT2D eigenvalue weighted by Crippen LogP contribution is -2.20. The Balaban J connectivity index is 2.31. The zero-order valence-corrected chi connectivity index (χ0v) is 10.9. The lowest BCUT2D eigenvalue weighted by Gasteiger charge is -2.19. The fourth-order valence-electron chi connectivity index (χ4n) is 2.02. The fraction of sp³-hybridized carbons (Fsp3) is 0.267. The molecule has 0 fully saturated rings. The maximum Gasteiger partial charge on any atom is 0.151 e. The molecule has 3 nitrogen and oxygen atoms in total. The molecule has 1 aromatic carbocycles. The lowest BCUT2D eigenvalue weighted by molar-refractivity contribution is 0.839. The number of rotatable bonds is 4. The summed E-state index contributed by atoms with van der Waals surface area (Å²) in [6, 6.07) is 12.1. The van der Waals surface area contributed by atoms with Crippen LogP contribution in [0, 0.1) is 0 Å². The van der Waals surface area contributed by atoms with Gasteiger partial charge < -0.3 is 10.6 Å². The molecule has 94 valence electrons. The molecule has 3 heteroatoms. The average Bonchev–Trinajstić information content (AvgIpc) is 2.40. The number of pyridine rings is 1. The highest BCUT2D eigenvalue weighted by atomic mass is 15.2. The number of benzene rings is 1. The number of nitrogens with zero attached hydrogens (tertiary/aromatic N) is 2. The van der Waals surface area contributed by atoms with Crippen molar-refractivity contribution in [2.45, 2.75) is 13.3 Å². The Hall–Kier alpha value is -2.03. The van der Waals surface area contributed by atoms with E-state index in [4.69, 9.17) is 5.73 Å². The van der Waals surface area contributed by atoms with E-state index in [-0.39, 0.29) is 0 Å². The first-order valence-electron chi connectivity index (χ1n) is 6.24. The molecular weight excluding hydrogens is 222 g/mol. The molecule has 0 radical (unpaired) electrons. The second-order valence-corrected chi connectivity index (χ2v) is 4.42. The Morgan fingerprint density at radius 2 is 1.89 bits per heavy atom. The minimum Gasteiger partial charge on any atom is -0.396 e. The lowest BCUT2D eigenvalue weighted by atomic mass is 10.1. The Kier molecular flexibility index (Phi) is 3.82. The first-order chi connectivity index (χ1) is 8.72. The molecule has 0 aliphatic heterocycles. The van der Waals surface area contributed by atoms with Crippen molar-refractivity contribution in [3.63, 3.8) is 0 Å². The maximum atomic E-state index is 6.09. The Morgan fingerprint density at radius 3 is 2.50 bits per heavy atom. The fourth-order valence-corrected chi connectivity index (χ4v) is 2.02. The molecule has 2 rings (SSSR count). The van der Waals surface area contributed by atoms with Crippen molar-refractivity contribution in [1.29, 1.82) is 0 Å². The smallest absolute Gasteiger partial charge is 0.151 e. The van der Waals surface area contributed by atoms with Crippen LogP contribution in [0.2, 0.25) is 0 Å². The second-order valence-electron chi connectivity index (χ2n) is 4.42. The molecule has 1 aromatic heterocycles. The molecule has 0 saturated heterocycles. The van der Waals surface area contributed by atoms with E-state index in [9.17, 15) is 0 Å². The highest BCUT2D eigenvalue weighted by Gasteiger charge is 2.07. The first kappa shape index (κ1) is 12.4. The van der Waals surface area contributed by atoms with Crippen LogP contribution in [0.5, 0.6) is 0 Å². The van der Waals surface area contributed by atoms with Crippen LogP contribution in [0.4, 0.5) is 11.5 Å². The first-order valence-corrected chi connectivity index (χ1v) is 6.24. The summed E-state index contributed by atoms with van der Waals surface area (Å²) in [6.07, 6.45) is 2.96. The number of hydrogen-bond donors (Lipinski definition) is 1. The van der Waals surface area contributed by atoms with Gasteiger partial charge in [0.15, 0.2) is 5.82 Å². The molecule has 0 unspecified atom stereocenters. The van der Waals surface area contributed by atoms with Gasteiger partial charge in [0.05, 0.1) is 5.69 Å². The standard InChI is InChI=1S/C15H19N3/c1-3-9-18(2)15-14(16)10-13(11-17-15)12-7-5-4-6-8-12/h4-8,10-11H,3,9,16H2,1-2H3. The van der Waals surface area contributed by atoms with Crippen molar-refractivity contribution in [3.8, 4) is 11.1 Å². The van der Waals surface area contributed by atoms with Crippen molar-refractivity contribution in [3.05, 3.63) is 42.6 Å². The van der Waals surface area contributed by atoms with Gasteiger partial charge >= 0.3 is 0 Å². The van der Waals surface area contributed by atoms with Crippen LogP contribution in [-0.2, 0) is 0 Å². The van der Waals surface area contributed by atoms with Gasteiger partial charge in [0.2, 0.25) is 0 Å². The topological polar surface area (TPSA) is 42.2 Å². The van der Waals surface area contributed by atoms with E-state index in [0.29, 0.717) is 0 Å². The normalized spacial score (nSPS) is 10.3. The molecule has 0 saturated carbocycles. The van der Waals surface area contributed by atoms with E-state index < -0.39 is 0 Å². The van der Waals surface area contributed by atoms with Crippen molar-refractivity contribution < 1.29 is 0 Å². The molecule has 0 aliphatic rings. The second kappa shape index (κ2) is 5.54. The minimum atomic E-state index is 0.729. The van der Waals surface area contributed by atoms with E-state index in [2.05, 4.69) is 28.9 Å². The van der Waals surface area contributed by atoms with Crippen LogP contribution in [0.25, 0.3) is 11.1 Å². The zero-order valence-electron chi connectivity index (χ0n) is 10.9. The summed E-state index contributed by atoms with van der Waals surface area (Å²) in [7, 11) is 2.02. The van der Waals surface area contributed by atoms with E-state index in [0.717, 1.165) is 35.6 Å². The Labute approximate surface area is 108 Å². The summed E-state index contributed by atoms with van der Waals surface area (Å²) < 4.78 is 0. The predicted molar refractivity (Wildman–Crippen MR) is 77.6 cm³/mol. The summed E-state index contributed by atoms with van der Waals surface area (Å²) in [6.45, 7) is 3.10. The zero-order chi connectivity index (χ0) is 13.0. The number of nitrogen functional groups attached to an aromatic ring is 1. The molecule has 2 aromatic rings. The van der Waals surface area contributed by atoms with Crippen LogP contribution in [-0.4, -0.2) is 18.6 Å². The predicted octanol–water partition coefficient (Wildman–Crippen LogP) is 3.18. The van der Waals surface area contributed by atoms with Gasteiger partial charge in [-0.2, -0.15) is 0 Å². The number of anilines is 2. The van der Waals surface area contributed by atoms with E-state index in [1.165, 1.54) is 0 Å². The molecule has 0 spiro atoms. The SMILES string of the molecule is CCCN(C)c1ncc(-c2ccccc2)cc1N. The van der Waals surface area contributed by atoms with Crippen LogP contribution < -0.4 is 10.6 Å². The van der Waals surface area contributed by atoms with Gasteiger partial charge in [-0.05, 0) is 18.1 Å². The third-order valence-electron chi connectivity index (χ3n) is 2.92. The number of aromatic nitrogens is 1. The van der Waals surface area contributed by atoms with Crippen molar-refractivity contribution in [2.75, 3.05) is 24.2 Å². The Bertz CT molecular complexity index is 508. The minimum absolute atomic E-state index is 0.729. The summed E-state index contributed by atoms with van der Waals surface area (Å²) in [4.78, 5) is 6.56. The monoisotopic (exact) mass is 241 g/mol. The molecule has 0 bridgehead atoms. The van der Waals surface area contributed by atoms with Gasteiger partial charge in [0.1, 0.15) is 0 Å².